The Balaban J connectivity index is 1.44. The van der Waals surface area contributed by atoms with Gasteiger partial charge < -0.3 is 15.0 Å². The summed E-state index contributed by atoms with van der Waals surface area (Å²) in [5.41, 5.74) is 9.42. The van der Waals surface area contributed by atoms with Gasteiger partial charge in [0.25, 0.3) is 5.89 Å². The van der Waals surface area contributed by atoms with Crippen molar-refractivity contribution in [2.45, 2.75) is 24.7 Å². The topological polar surface area (TPSA) is 100.0 Å². The highest BCUT2D eigenvalue weighted by molar-refractivity contribution is 5.63. The monoisotopic (exact) mass is 399 g/mol. The molecule has 4 aromatic rings. The average molecular weight is 399 g/mol. The molecule has 1 saturated carbocycles. The third kappa shape index (κ3) is 3.08. The number of rotatable bonds is 5. The van der Waals surface area contributed by atoms with E-state index in [0.717, 1.165) is 47.5 Å². The van der Waals surface area contributed by atoms with Crippen molar-refractivity contribution in [3.8, 4) is 28.3 Å². The Bertz CT molecular complexity index is 1150. The minimum absolute atomic E-state index is 0.204. The molecule has 1 aliphatic rings. The van der Waals surface area contributed by atoms with Gasteiger partial charge in [0.15, 0.2) is 5.82 Å². The molecular weight excluding hydrogens is 378 g/mol. The van der Waals surface area contributed by atoms with Crippen molar-refractivity contribution in [2.75, 3.05) is 12.8 Å². The van der Waals surface area contributed by atoms with E-state index in [4.69, 9.17) is 20.0 Å². The Morgan fingerprint density at radius 3 is 2.17 bits per heavy atom. The van der Waals surface area contributed by atoms with Gasteiger partial charge in [-0.1, -0.05) is 35.8 Å². The predicted molar refractivity (Wildman–Crippen MR) is 113 cm³/mol. The maximum Gasteiger partial charge on any atom is 0.257 e. The highest BCUT2D eigenvalue weighted by Crippen LogP contribution is 2.48. The number of nitrogens with two attached hydrogens (primary N) is 1. The van der Waals surface area contributed by atoms with Gasteiger partial charge in [-0.05, 0) is 48.2 Å². The second kappa shape index (κ2) is 7.26. The minimum Gasteiger partial charge on any atom is -0.497 e. The number of nitrogens with zero attached hydrogens (tertiary/aromatic N) is 4. The van der Waals surface area contributed by atoms with Crippen molar-refractivity contribution < 1.29 is 9.26 Å². The highest BCUT2D eigenvalue weighted by atomic mass is 16.5. The predicted octanol–water partition coefficient (Wildman–Crippen LogP) is 4.25. The van der Waals surface area contributed by atoms with E-state index in [1.807, 2.05) is 24.3 Å². The summed E-state index contributed by atoms with van der Waals surface area (Å²) in [5, 5.41) is 4.34. The van der Waals surface area contributed by atoms with Crippen LogP contribution >= 0.6 is 0 Å². The van der Waals surface area contributed by atoms with Crippen molar-refractivity contribution in [3.05, 3.63) is 72.3 Å². The first kappa shape index (κ1) is 18.3. The maximum atomic E-state index is 5.60. The molecule has 1 aliphatic carbocycles. The fraction of sp³-hybridized carbons (Fsp3) is 0.217. The number of ether oxygens (including phenoxy) is 1. The molecule has 150 valence electrons. The van der Waals surface area contributed by atoms with Crippen LogP contribution in [0.15, 0.2) is 65.4 Å². The van der Waals surface area contributed by atoms with Gasteiger partial charge in [0.2, 0.25) is 5.95 Å². The molecule has 2 aromatic carbocycles. The lowest BCUT2D eigenvalue weighted by molar-refractivity contribution is 0.273. The van der Waals surface area contributed by atoms with E-state index >= 15 is 0 Å². The van der Waals surface area contributed by atoms with Gasteiger partial charge in [0.05, 0.1) is 12.5 Å². The van der Waals surface area contributed by atoms with Gasteiger partial charge in [-0.2, -0.15) is 4.98 Å². The molecule has 0 saturated heterocycles. The van der Waals surface area contributed by atoms with Crippen LogP contribution in [0.25, 0.3) is 22.6 Å². The van der Waals surface area contributed by atoms with Crippen molar-refractivity contribution in [2.24, 2.45) is 0 Å². The Morgan fingerprint density at radius 2 is 1.57 bits per heavy atom. The normalized spacial score (nSPS) is 14.8. The first-order valence-corrected chi connectivity index (χ1v) is 9.85. The molecule has 5 rings (SSSR count). The smallest absolute Gasteiger partial charge is 0.257 e. The molecule has 2 heterocycles. The summed E-state index contributed by atoms with van der Waals surface area (Å²) in [5.74, 6) is 2.33. The lowest BCUT2D eigenvalue weighted by atomic mass is 9.64. The van der Waals surface area contributed by atoms with Crippen molar-refractivity contribution in [3.63, 3.8) is 0 Å². The van der Waals surface area contributed by atoms with Crippen LogP contribution in [0.5, 0.6) is 5.75 Å². The molecule has 0 radical (unpaired) electrons. The number of aromatic nitrogens is 4. The Hall–Kier alpha value is -3.74. The maximum absolute atomic E-state index is 5.60. The molecule has 7 nitrogen and oxygen atoms in total. The fourth-order valence-corrected chi connectivity index (χ4v) is 3.91. The lowest BCUT2D eigenvalue weighted by Crippen LogP contribution is -2.36. The molecule has 2 aromatic heterocycles. The van der Waals surface area contributed by atoms with E-state index in [1.165, 1.54) is 5.56 Å². The molecule has 0 bridgehead atoms. The van der Waals surface area contributed by atoms with Gasteiger partial charge in [-0.25, -0.2) is 9.97 Å². The molecule has 0 unspecified atom stereocenters. The number of benzene rings is 2. The molecule has 0 atom stereocenters. The second-order valence-corrected chi connectivity index (χ2v) is 7.49. The van der Waals surface area contributed by atoms with Crippen LogP contribution in [-0.2, 0) is 5.41 Å². The summed E-state index contributed by atoms with van der Waals surface area (Å²) >= 11 is 0. The zero-order valence-corrected chi connectivity index (χ0v) is 16.6. The Labute approximate surface area is 173 Å². The Kier molecular flexibility index (Phi) is 4.43. The molecule has 7 heteroatoms. The van der Waals surface area contributed by atoms with Gasteiger partial charge >= 0.3 is 0 Å². The third-order valence-electron chi connectivity index (χ3n) is 5.84. The summed E-state index contributed by atoms with van der Waals surface area (Å²) in [6, 6.07) is 16.0. The van der Waals surface area contributed by atoms with E-state index in [0.29, 0.717) is 5.89 Å². The van der Waals surface area contributed by atoms with Gasteiger partial charge in [0, 0.05) is 23.5 Å². The van der Waals surface area contributed by atoms with Crippen molar-refractivity contribution in [1.82, 2.24) is 20.1 Å². The van der Waals surface area contributed by atoms with E-state index in [9.17, 15) is 0 Å². The number of methoxy groups -OCH3 is 1. The van der Waals surface area contributed by atoms with E-state index in [1.54, 1.807) is 19.5 Å². The van der Waals surface area contributed by atoms with Crippen LogP contribution in [0.1, 0.15) is 30.7 Å². The van der Waals surface area contributed by atoms with Crippen LogP contribution in [0.2, 0.25) is 0 Å². The first-order chi connectivity index (χ1) is 14.7. The van der Waals surface area contributed by atoms with Crippen molar-refractivity contribution in [1.29, 1.82) is 0 Å². The van der Waals surface area contributed by atoms with E-state index in [2.05, 4.69) is 39.4 Å². The van der Waals surface area contributed by atoms with Crippen LogP contribution in [0.3, 0.4) is 0 Å². The molecule has 0 amide bonds. The summed E-state index contributed by atoms with van der Waals surface area (Å²) in [6.07, 6.45) is 6.60. The second-order valence-electron chi connectivity index (χ2n) is 7.49. The standard InChI is InChI=1S/C23H21N5O2/c1-29-19-9-5-16(6-10-19)20-27-21(28-30-20)23(11-2-12-23)18-7-3-15(4-8-18)17-13-25-22(24)26-14-17/h3-10,13-14H,2,11-12H2,1H3,(H2,24,25,26). The van der Waals surface area contributed by atoms with Crippen LogP contribution in [0, 0.1) is 0 Å². The van der Waals surface area contributed by atoms with Gasteiger partial charge in [-0.15, -0.1) is 0 Å². The molecule has 2 N–H and O–H groups in total. The summed E-state index contributed by atoms with van der Waals surface area (Å²) in [7, 11) is 1.64. The van der Waals surface area contributed by atoms with Gasteiger partial charge in [-0.3, -0.25) is 0 Å². The zero-order chi connectivity index (χ0) is 20.6. The van der Waals surface area contributed by atoms with E-state index < -0.39 is 0 Å². The van der Waals surface area contributed by atoms with Crippen molar-refractivity contribution >= 4 is 5.95 Å². The van der Waals surface area contributed by atoms with Crippen LogP contribution in [-0.4, -0.2) is 27.2 Å². The molecule has 30 heavy (non-hydrogen) atoms. The molecule has 0 aliphatic heterocycles. The van der Waals surface area contributed by atoms with Crippen LogP contribution in [0.4, 0.5) is 5.95 Å². The number of hydrogen-bond acceptors (Lipinski definition) is 7. The molecule has 0 spiro atoms. The largest absolute Gasteiger partial charge is 0.497 e. The highest BCUT2D eigenvalue weighted by Gasteiger charge is 2.44. The fourth-order valence-electron chi connectivity index (χ4n) is 3.91. The number of hydrogen-bond donors (Lipinski definition) is 1. The van der Waals surface area contributed by atoms with Crippen LogP contribution < -0.4 is 10.5 Å². The van der Waals surface area contributed by atoms with Gasteiger partial charge in [0.1, 0.15) is 5.75 Å². The zero-order valence-electron chi connectivity index (χ0n) is 16.6. The summed E-state index contributed by atoms with van der Waals surface area (Å²) < 4.78 is 10.8. The molecular formula is C23H21N5O2. The molecule has 1 fully saturated rings. The summed E-state index contributed by atoms with van der Waals surface area (Å²) in [4.78, 5) is 12.9. The third-order valence-corrected chi connectivity index (χ3v) is 5.84. The quantitative estimate of drug-likeness (QED) is 0.535. The first-order valence-electron chi connectivity index (χ1n) is 9.85. The lowest BCUT2D eigenvalue weighted by Gasteiger charge is -2.39. The number of nitrogen functional groups attached to an aromatic ring is 1. The number of anilines is 1. The summed E-state index contributed by atoms with van der Waals surface area (Å²) in [6.45, 7) is 0. The van der Waals surface area contributed by atoms with E-state index in [-0.39, 0.29) is 11.4 Å². The minimum atomic E-state index is -0.204. The average Bonchev–Trinajstić information content (AvgIpc) is 3.24. The Morgan fingerprint density at radius 1 is 0.900 bits per heavy atom. The SMILES string of the molecule is COc1ccc(-c2nc(C3(c4ccc(-c5cnc(N)nc5)cc4)CCC3)no2)cc1.